The molecule has 0 radical (unpaired) electrons. The van der Waals surface area contributed by atoms with Crippen molar-refractivity contribution in [3.8, 4) is 0 Å². The van der Waals surface area contributed by atoms with Crippen molar-refractivity contribution in [3.63, 3.8) is 0 Å². The molecule has 3 rings (SSSR count). The highest BCUT2D eigenvalue weighted by Gasteiger charge is 2.08. The van der Waals surface area contributed by atoms with E-state index in [9.17, 15) is 9.59 Å². The second-order valence-corrected chi connectivity index (χ2v) is 6.47. The molecule has 1 amide bonds. The van der Waals surface area contributed by atoms with Crippen molar-refractivity contribution in [3.05, 3.63) is 66.2 Å². The van der Waals surface area contributed by atoms with Gasteiger partial charge >= 0.3 is 5.97 Å². The molecule has 1 aromatic heterocycles. The lowest BCUT2D eigenvalue weighted by Crippen LogP contribution is -2.14. The normalized spacial score (nSPS) is 10.5. The van der Waals surface area contributed by atoms with Crippen LogP contribution in [-0.4, -0.2) is 29.2 Å². The number of thioether (sulfide) groups is 1. The number of hydrogen-bond donors (Lipinski definition) is 1. The van der Waals surface area contributed by atoms with Crippen molar-refractivity contribution in [1.82, 2.24) is 4.98 Å². The standard InChI is InChI=1S/C20H18N2O3S/c1-2-25-20(24)15-7-10-16(11-8-15)21-18(23)13-26-19-12-9-14-5-3-4-6-17(14)22-19/h3-12H,2,13H2,1H3,(H,21,23). The van der Waals surface area contributed by atoms with Crippen LogP contribution in [0.4, 0.5) is 5.69 Å². The van der Waals surface area contributed by atoms with E-state index >= 15 is 0 Å². The molecule has 3 aromatic rings. The molecule has 1 N–H and O–H groups in total. The fourth-order valence-electron chi connectivity index (χ4n) is 2.37. The van der Waals surface area contributed by atoms with Crippen LogP contribution in [0.25, 0.3) is 10.9 Å². The van der Waals surface area contributed by atoms with Crippen LogP contribution in [0.2, 0.25) is 0 Å². The Morgan fingerprint density at radius 3 is 2.58 bits per heavy atom. The van der Waals surface area contributed by atoms with E-state index in [1.165, 1.54) is 11.8 Å². The topological polar surface area (TPSA) is 68.3 Å². The highest BCUT2D eigenvalue weighted by molar-refractivity contribution is 7.99. The van der Waals surface area contributed by atoms with Crippen molar-refractivity contribution in [2.24, 2.45) is 0 Å². The number of esters is 1. The maximum atomic E-state index is 12.1. The number of pyridine rings is 1. The van der Waals surface area contributed by atoms with Crippen molar-refractivity contribution in [2.45, 2.75) is 11.9 Å². The third kappa shape index (κ3) is 4.61. The molecule has 0 saturated heterocycles. The van der Waals surface area contributed by atoms with Gasteiger partial charge in [-0.15, -0.1) is 0 Å². The molecule has 0 aliphatic carbocycles. The third-order valence-corrected chi connectivity index (χ3v) is 4.53. The van der Waals surface area contributed by atoms with Crippen molar-refractivity contribution in [1.29, 1.82) is 0 Å². The molecule has 6 heteroatoms. The van der Waals surface area contributed by atoms with Crippen LogP contribution >= 0.6 is 11.8 Å². The molecule has 1 heterocycles. The minimum atomic E-state index is -0.372. The Morgan fingerprint density at radius 2 is 1.81 bits per heavy atom. The van der Waals surface area contributed by atoms with E-state index in [0.717, 1.165) is 15.9 Å². The highest BCUT2D eigenvalue weighted by Crippen LogP contribution is 2.20. The lowest BCUT2D eigenvalue weighted by atomic mass is 10.2. The molecule has 26 heavy (non-hydrogen) atoms. The van der Waals surface area contributed by atoms with Crippen LogP contribution in [0.15, 0.2) is 65.7 Å². The number of ether oxygens (including phenoxy) is 1. The fourth-order valence-corrected chi connectivity index (χ4v) is 3.05. The third-order valence-electron chi connectivity index (χ3n) is 3.60. The largest absolute Gasteiger partial charge is 0.462 e. The number of carbonyl (C=O) groups excluding carboxylic acids is 2. The van der Waals surface area contributed by atoms with Crippen molar-refractivity contribution in [2.75, 3.05) is 17.7 Å². The second-order valence-electron chi connectivity index (χ2n) is 5.48. The number of hydrogen-bond acceptors (Lipinski definition) is 5. The van der Waals surface area contributed by atoms with Gasteiger partial charge in [0.1, 0.15) is 0 Å². The number of fused-ring (bicyclic) bond motifs is 1. The number of nitrogens with one attached hydrogen (secondary N) is 1. The van der Waals surface area contributed by atoms with Crippen LogP contribution in [0, 0.1) is 0 Å². The summed E-state index contributed by atoms with van der Waals surface area (Å²) in [4.78, 5) is 28.3. The molecule has 0 aliphatic rings. The first-order chi connectivity index (χ1) is 12.7. The summed E-state index contributed by atoms with van der Waals surface area (Å²) in [6.45, 7) is 2.09. The number of amides is 1. The number of anilines is 1. The highest BCUT2D eigenvalue weighted by atomic mass is 32.2. The van der Waals surface area contributed by atoms with Crippen LogP contribution < -0.4 is 5.32 Å². The lowest BCUT2D eigenvalue weighted by molar-refractivity contribution is -0.113. The number of para-hydroxylation sites is 1. The number of nitrogens with zero attached hydrogens (tertiary/aromatic N) is 1. The molecule has 0 unspecified atom stereocenters. The summed E-state index contributed by atoms with van der Waals surface area (Å²) < 4.78 is 4.93. The summed E-state index contributed by atoms with van der Waals surface area (Å²) in [6.07, 6.45) is 0. The summed E-state index contributed by atoms with van der Waals surface area (Å²) in [5.74, 6) is -0.248. The van der Waals surface area contributed by atoms with Crippen molar-refractivity contribution < 1.29 is 14.3 Å². The molecule has 0 spiro atoms. The van der Waals surface area contributed by atoms with E-state index in [-0.39, 0.29) is 17.6 Å². The zero-order chi connectivity index (χ0) is 18.4. The summed E-state index contributed by atoms with van der Waals surface area (Å²) in [6, 6.07) is 18.4. The fraction of sp³-hybridized carbons (Fsp3) is 0.150. The summed E-state index contributed by atoms with van der Waals surface area (Å²) >= 11 is 1.38. The van der Waals surface area contributed by atoms with Crippen LogP contribution in [0.1, 0.15) is 17.3 Å². The molecular weight excluding hydrogens is 348 g/mol. The molecule has 5 nitrogen and oxygen atoms in total. The molecule has 0 bridgehead atoms. The first kappa shape index (κ1) is 17.9. The maximum Gasteiger partial charge on any atom is 0.338 e. The van der Waals surface area contributed by atoms with Gasteiger partial charge in [0.2, 0.25) is 5.91 Å². The Hall–Kier alpha value is -2.86. The number of carbonyl (C=O) groups is 2. The maximum absolute atomic E-state index is 12.1. The zero-order valence-corrected chi connectivity index (χ0v) is 15.1. The number of aromatic nitrogens is 1. The second kappa shape index (κ2) is 8.49. The molecule has 2 aromatic carbocycles. The lowest BCUT2D eigenvalue weighted by Gasteiger charge is -2.07. The first-order valence-corrected chi connectivity index (χ1v) is 9.20. The smallest absolute Gasteiger partial charge is 0.338 e. The van der Waals surface area contributed by atoms with Crippen molar-refractivity contribution >= 4 is 40.2 Å². The minimum absolute atomic E-state index is 0.131. The van der Waals surface area contributed by atoms with Gasteiger partial charge in [0, 0.05) is 11.1 Å². The van der Waals surface area contributed by atoms with Crippen LogP contribution in [0.5, 0.6) is 0 Å². The van der Waals surface area contributed by atoms with E-state index in [4.69, 9.17) is 4.74 Å². The van der Waals surface area contributed by atoms with Gasteiger partial charge < -0.3 is 10.1 Å². The van der Waals surface area contributed by atoms with Gasteiger partial charge in [-0.3, -0.25) is 4.79 Å². The average Bonchev–Trinajstić information content (AvgIpc) is 2.67. The van der Waals surface area contributed by atoms with Gasteiger partial charge in [-0.1, -0.05) is 36.0 Å². The Bertz CT molecular complexity index is 926. The van der Waals surface area contributed by atoms with Gasteiger partial charge in [-0.25, -0.2) is 9.78 Å². The van der Waals surface area contributed by atoms with Gasteiger partial charge in [-0.05, 0) is 43.3 Å². The summed E-state index contributed by atoms with van der Waals surface area (Å²) in [7, 11) is 0. The molecule has 0 fully saturated rings. The van der Waals surface area contributed by atoms with Gasteiger partial charge in [0.25, 0.3) is 0 Å². The van der Waals surface area contributed by atoms with E-state index in [2.05, 4.69) is 10.3 Å². The van der Waals surface area contributed by atoms with Gasteiger partial charge in [-0.2, -0.15) is 0 Å². The quantitative estimate of drug-likeness (QED) is 0.524. The molecule has 0 aliphatic heterocycles. The Kier molecular flexibility index (Phi) is 5.86. The van der Waals surface area contributed by atoms with E-state index in [1.807, 2.05) is 36.4 Å². The summed E-state index contributed by atoms with van der Waals surface area (Å²) in [5, 5.41) is 4.68. The minimum Gasteiger partial charge on any atom is -0.462 e. The summed E-state index contributed by atoms with van der Waals surface area (Å²) in [5.41, 5.74) is 2.00. The van der Waals surface area contributed by atoms with E-state index < -0.39 is 0 Å². The Balaban J connectivity index is 1.55. The Labute approximate surface area is 155 Å². The predicted molar refractivity (Wildman–Crippen MR) is 103 cm³/mol. The van der Waals surface area contributed by atoms with E-state index in [1.54, 1.807) is 31.2 Å². The number of rotatable bonds is 6. The molecule has 132 valence electrons. The SMILES string of the molecule is CCOC(=O)c1ccc(NC(=O)CSc2ccc3ccccc3n2)cc1. The van der Waals surface area contributed by atoms with E-state index in [0.29, 0.717) is 17.9 Å². The number of benzene rings is 2. The molecule has 0 atom stereocenters. The Morgan fingerprint density at radius 1 is 1.04 bits per heavy atom. The first-order valence-electron chi connectivity index (χ1n) is 8.21. The average molecular weight is 366 g/mol. The predicted octanol–water partition coefficient (Wildman–Crippen LogP) is 4.14. The van der Waals surface area contributed by atoms with Gasteiger partial charge in [0.15, 0.2) is 0 Å². The molecular formula is C20H18N2O3S. The van der Waals surface area contributed by atoms with Crippen LogP contribution in [-0.2, 0) is 9.53 Å². The molecule has 0 saturated carbocycles. The van der Waals surface area contributed by atoms with Gasteiger partial charge in [0.05, 0.1) is 28.5 Å². The zero-order valence-electron chi connectivity index (χ0n) is 14.3. The van der Waals surface area contributed by atoms with Crippen LogP contribution in [0.3, 0.4) is 0 Å². The monoisotopic (exact) mass is 366 g/mol.